The minimum Gasteiger partial charge on any atom is -0.495 e. The summed E-state index contributed by atoms with van der Waals surface area (Å²) in [6, 6.07) is 1.34. The van der Waals surface area contributed by atoms with Crippen LogP contribution in [0, 0.1) is 0 Å². The van der Waals surface area contributed by atoms with Crippen molar-refractivity contribution in [3.63, 3.8) is 0 Å². The number of rotatable bonds is 3. The second-order valence-electron chi connectivity index (χ2n) is 2.65. The van der Waals surface area contributed by atoms with Crippen LogP contribution in [0.2, 0.25) is 0 Å². The number of hydrogen-bond donors (Lipinski definition) is 0. The van der Waals surface area contributed by atoms with Gasteiger partial charge in [-0.05, 0) is 6.07 Å². The van der Waals surface area contributed by atoms with Crippen LogP contribution in [0.1, 0.15) is 5.56 Å². The van der Waals surface area contributed by atoms with E-state index in [1.165, 1.54) is 25.6 Å². The largest absolute Gasteiger partial charge is 1.00 e. The molecule has 0 bridgehead atoms. The fourth-order valence-electron chi connectivity index (χ4n) is 0.954. The van der Waals surface area contributed by atoms with Crippen molar-refractivity contribution in [2.45, 2.75) is 6.32 Å². The monoisotopic (exact) mass is 229 g/mol. The smallest absolute Gasteiger partial charge is 0.495 e. The van der Waals surface area contributed by atoms with Gasteiger partial charge in [-0.25, -0.2) is 0 Å². The zero-order valence-electron chi connectivity index (χ0n) is 8.01. The van der Waals surface area contributed by atoms with Crippen molar-refractivity contribution in [2.75, 3.05) is 7.11 Å². The van der Waals surface area contributed by atoms with Gasteiger partial charge in [0.15, 0.2) is 0 Å². The van der Waals surface area contributed by atoms with Crippen LogP contribution in [0.5, 0.6) is 5.75 Å². The van der Waals surface area contributed by atoms with E-state index in [9.17, 15) is 12.9 Å². The minimum absolute atomic E-state index is 0. The maximum atomic E-state index is 12.0. The Morgan fingerprint density at radius 2 is 2.00 bits per heavy atom. The van der Waals surface area contributed by atoms with Gasteiger partial charge in [-0.3, -0.25) is 4.98 Å². The number of hydrogen-bond acceptors (Lipinski definition) is 2. The molecule has 0 aliphatic rings. The fraction of sp³-hybridized carbons (Fsp3) is 0.286. The predicted octanol–water partition coefficient (Wildman–Crippen LogP) is -0.977. The molecular weight excluding hydrogens is 221 g/mol. The Hall–Kier alpha value is 0.441. The number of nitrogens with zero attached hydrogens (tertiary/aromatic N) is 1. The molecule has 0 spiro atoms. The quantitative estimate of drug-likeness (QED) is 0.622. The summed E-state index contributed by atoms with van der Waals surface area (Å²) in [5, 5.41) is 0. The SMILES string of the molecule is COc1cncc(C[B-](F)(F)F)c1.[K+]. The second-order valence-corrected chi connectivity index (χ2v) is 2.65. The van der Waals surface area contributed by atoms with E-state index in [1.807, 2.05) is 0 Å². The van der Waals surface area contributed by atoms with Crippen molar-refractivity contribution in [3.05, 3.63) is 24.0 Å². The topological polar surface area (TPSA) is 22.1 Å². The molecule has 0 aromatic carbocycles. The van der Waals surface area contributed by atoms with Crippen LogP contribution in [0.15, 0.2) is 18.5 Å². The van der Waals surface area contributed by atoms with Gasteiger partial charge in [-0.2, -0.15) is 0 Å². The van der Waals surface area contributed by atoms with E-state index in [1.54, 1.807) is 0 Å². The van der Waals surface area contributed by atoms with Gasteiger partial charge in [0.2, 0.25) is 0 Å². The summed E-state index contributed by atoms with van der Waals surface area (Å²) < 4.78 is 40.7. The maximum absolute atomic E-state index is 12.0. The predicted molar refractivity (Wildman–Crippen MR) is 43.6 cm³/mol. The number of pyridine rings is 1. The molecule has 1 rings (SSSR count). The first-order chi connectivity index (χ1) is 6.01. The molecule has 0 aliphatic carbocycles. The van der Waals surface area contributed by atoms with Gasteiger partial charge in [0.05, 0.1) is 13.3 Å². The van der Waals surface area contributed by atoms with Crippen LogP contribution in [-0.2, 0) is 6.32 Å². The van der Waals surface area contributed by atoms with Crippen LogP contribution >= 0.6 is 0 Å². The third-order valence-corrected chi connectivity index (χ3v) is 1.47. The molecule has 1 heterocycles. The Morgan fingerprint density at radius 1 is 1.36 bits per heavy atom. The Balaban J connectivity index is 0.00000169. The molecule has 0 unspecified atom stereocenters. The molecule has 0 saturated carbocycles. The molecule has 72 valence electrons. The Labute approximate surface area is 123 Å². The first kappa shape index (κ1) is 14.4. The van der Waals surface area contributed by atoms with Crippen molar-refractivity contribution in [1.82, 2.24) is 4.98 Å². The van der Waals surface area contributed by atoms with Gasteiger partial charge in [0, 0.05) is 6.20 Å². The molecule has 0 saturated heterocycles. The van der Waals surface area contributed by atoms with E-state index in [0.717, 1.165) is 0 Å². The zero-order valence-corrected chi connectivity index (χ0v) is 11.1. The van der Waals surface area contributed by atoms with Gasteiger partial charge >= 0.3 is 58.4 Å². The number of ether oxygens (including phenoxy) is 1. The van der Waals surface area contributed by atoms with Crippen LogP contribution in [0.25, 0.3) is 0 Å². The van der Waals surface area contributed by atoms with E-state index in [0.29, 0.717) is 5.75 Å². The Bertz CT molecular complexity index is 295. The molecule has 0 N–H and O–H groups in total. The van der Waals surface area contributed by atoms with Gasteiger partial charge < -0.3 is 17.7 Å². The zero-order chi connectivity index (χ0) is 9.90. The number of halogens is 3. The number of methoxy groups -OCH3 is 1. The molecular formula is C7H8BF3KNO. The van der Waals surface area contributed by atoms with Gasteiger partial charge in [-0.15, -0.1) is 0 Å². The first-order valence-electron chi connectivity index (χ1n) is 3.70. The Morgan fingerprint density at radius 3 is 2.50 bits per heavy atom. The summed E-state index contributed by atoms with van der Waals surface area (Å²) in [6.07, 6.45) is 1.65. The molecule has 0 radical (unpaired) electrons. The molecule has 0 fully saturated rings. The third-order valence-electron chi connectivity index (χ3n) is 1.47. The summed E-state index contributed by atoms with van der Waals surface area (Å²) in [5.41, 5.74) is 0.131. The molecule has 0 aliphatic heterocycles. The third kappa shape index (κ3) is 5.35. The molecule has 1 aromatic heterocycles. The summed E-state index contributed by atoms with van der Waals surface area (Å²) in [5.74, 6) is 0.345. The molecule has 0 atom stereocenters. The number of aromatic nitrogens is 1. The van der Waals surface area contributed by atoms with Crippen molar-refractivity contribution in [2.24, 2.45) is 0 Å². The van der Waals surface area contributed by atoms with E-state index in [-0.39, 0.29) is 56.9 Å². The average molecular weight is 229 g/mol. The first-order valence-corrected chi connectivity index (χ1v) is 3.70. The van der Waals surface area contributed by atoms with Crippen LogP contribution in [0.3, 0.4) is 0 Å². The second kappa shape index (κ2) is 6.12. The molecule has 1 aromatic rings. The normalized spacial score (nSPS) is 10.6. The summed E-state index contributed by atoms with van der Waals surface area (Å²) in [4.78, 5) is 3.62. The van der Waals surface area contributed by atoms with Crippen LogP contribution < -0.4 is 56.1 Å². The minimum atomic E-state index is -4.80. The van der Waals surface area contributed by atoms with E-state index < -0.39 is 13.3 Å². The Kier molecular flexibility index (Phi) is 6.31. The van der Waals surface area contributed by atoms with Gasteiger partial charge in [0.1, 0.15) is 5.75 Å². The maximum Gasteiger partial charge on any atom is 1.00 e. The van der Waals surface area contributed by atoms with E-state index in [4.69, 9.17) is 4.74 Å². The summed E-state index contributed by atoms with van der Waals surface area (Å²) >= 11 is 0. The molecule has 7 heteroatoms. The van der Waals surface area contributed by atoms with Crippen molar-refractivity contribution >= 4 is 6.98 Å². The summed E-state index contributed by atoms with van der Waals surface area (Å²) in [6.45, 7) is -4.80. The average Bonchev–Trinajstić information content (AvgIpc) is 2.01. The standard InChI is InChI=1S/C7H8BF3NO.K/c1-13-7-2-6(4-12-5-7)3-8(9,10)11;/h2,4-5H,3H2,1H3;/q-1;+1. The van der Waals surface area contributed by atoms with Gasteiger partial charge in [-0.1, -0.05) is 11.9 Å². The van der Waals surface area contributed by atoms with Gasteiger partial charge in [0.25, 0.3) is 0 Å². The van der Waals surface area contributed by atoms with Crippen molar-refractivity contribution in [1.29, 1.82) is 0 Å². The van der Waals surface area contributed by atoms with E-state index >= 15 is 0 Å². The van der Waals surface area contributed by atoms with Crippen LogP contribution in [-0.4, -0.2) is 19.1 Å². The molecule has 14 heavy (non-hydrogen) atoms. The van der Waals surface area contributed by atoms with E-state index in [2.05, 4.69) is 4.98 Å². The summed E-state index contributed by atoms with van der Waals surface area (Å²) in [7, 11) is 1.39. The molecule has 2 nitrogen and oxygen atoms in total. The van der Waals surface area contributed by atoms with Crippen molar-refractivity contribution in [3.8, 4) is 5.75 Å². The van der Waals surface area contributed by atoms with Crippen LogP contribution in [0.4, 0.5) is 12.9 Å². The van der Waals surface area contributed by atoms with Crippen molar-refractivity contribution < 1.29 is 69.1 Å². The fourth-order valence-corrected chi connectivity index (χ4v) is 0.954. The molecule has 0 amide bonds.